The van der Waals surface area contributed by atoms with Crippen LogP contribution in [0.25, 0.3) is 27.6 Å². The van der Waals surface area contributed by atoms with Gasteiger partial charge in [-0.15, -0.1) is 10.2 Å². The minimum atomic E-state index is -4.33. The third-order valence-corrected chi connectivity index (χ3v) is 8.23. The predicted molar refractivity (Wildman–Crippen MR) is 147 cm³/mol. The molecule has 1 saturated carbocycles. The van der Waals surface area contributed by atoms with E-state index in [-0.39, 0.29) is 32.3 Å². The molecule has 0 saturated heterocycles. The Hall–Kier alpha value is -2.66. The van der Waals surface area contributed by atoms with Gasteiger partial charge in [-0.05, 0) is 57.0 Å². The van der Waals surface area contributed by atoms with Gasteiger partial charge in [0.25, 0.3) is 5.91 Å². The molecule has 0 spiro atoms. The molecule has 13 heteroatoms. The molecule has 4 aromatic rings. The number of halogens is 6. The van der Waals surface area contributed by atoms with Crippen LogP contribution >= 0.6 is 46.1 Å². The molecule has 0 unspecified atom stereocenters. The Labute approximate surface area is 241 Å². The van der Waals surface area contributed by atoms with Crippen LogP contribution in [0.1, 0.15) is 48.5 Å². The summed E-state index contributed by atoms with van der Waals surface area (Å²) in [7, 11) is 0. The molecule has 1 fully saturated rings. The lowest BCUT2D eigenvalue weighted by atomic mass is 10.0. The zero-order valence-corrected chi connectivity index (χ0v) is 23.7. The monoisotopic (exact) mass is 613 g/mol. The van der Waals surface area contributed by atoms with Gasteiger partial charge in [0.2, 0.25) is 0 Å². The van der Waals surface area contributed by atoms with Crippen LogP contribution in [0.3, 0.4) is 0 Å². The maximum absolute atomic E-state index is 13.7. The summed E-state index contributed by atoms with van der Waals surface area (Å²) in [4.78, 5) is 13.7. The number of carbonyl (C=O) groups excluding carboxylic acids is 1. The standard InChI is InChI=1S/C26H21Cl3F3N5OS/c1-13(2)33-22(38)19-20(23-34-35-24(39-23)25(9-10-25)12-26(30,31)32)36-37(18-8-7-16(28)11-17(18)29)21(19)14-3-5-15(27)6-4-14/h3-8,11,13H,9-10,12H2,1-2H3,(H,33,38). The molecule has 1 aliphatic carbocycles. The Morgan fingerprint density at radius 2 is 1.74 bits per heavy atom. The van der Waals surface area contributed by atoms with Gasteiger partial charge in [-0.1, -0.05) is 58.3 Å². The van der Waals surface area contributed by atoms with E-state index in [2.05, 4.69) is 15.5 Å². The van der Waals surface area contributed by atoms with Crippen molar-refractivity contribution in [3.8, 4) is 27.6 Å². The van der Waals surface area contributed by atoms with Crippen LogP contribution in [0.5, 0.6) is 0 Å². The number of nitrogens with one attached hydrogen (secondary N) is 1. The van der Waals surface area contributed by atoms with E-state index in [9.17, 15) is 18.0 Å². The molecule has 1 aliphatic rings. The van der Waals surface area contributed by atoms with Crippen molar-refractivity contribution in [1.82, 2.24) is 25.3 Å². The van der Waals surface area contributed by atoms with Crippen LogP contribution in [0.2, 0.25) is 15.1 Å². The number of rotatable bonds is 7. The molecule has 0 aliphatic heterocycles. The number of benzene rings is 2. The van der Waals surface area contributed by atoms with Crippen LogP contribution < -0.4 is 5.32 Å². The summed E-state index contributed by atoms with van der Waals surface area (Å²) < 4.78 is 41.4. The quantitative estimate of drug-likeness (QED) is 0.228. The van der Waals surface area contributed by atoms with Crippen molar-refractivity contribution in [3.63, 3.8) is 0 Å². The summed E-state index contributed by atoms with van der Waals surface area (Å²) in [5.41, 5.74) is 0.721. The van der Waals surface area contributed by atoms with E-state index in [1.807, 2.05) is 13.8 Å². The number of alkyl halides is 3. The molecular formula is C26H21Cl3F3N5OS. The third-order valence-electron chi connectivity index (χ3n) is 6.26. The van der Waals surface area contributed by atoms with E-state index >= 15 is 0 Å². The van der Waals surface area contributed by atoms with Crippen LogP contribution in [0.15, 0.2) is 42.5 Å². The number of amides is 1. The van der Waals surface area contributed by atoms with Gasteiger partial charge in [-0.3, -0.25) is 4.79 Å². The fourth-order valence-electron chi connectivity index (χ4n) is 4.35. The maximum Gasteiger partial charge on any atom is 0.390 e. The van der Waals surface area contributed by atoms with E-state index < -0.39 is 23.9 Å². The van der Waals surface area contributed by atoms with Crippen LogP contribution in [-0.2, 0) is 5.41 Å². The summed E-state index contributed by atoms with van der Waals surface area (Å²) >= 11 is 19.8. The molecule has 6 nitrogen and oxygen atoms in total. The van der Waals surface area contributed by atoms with Gasteiger partial charge in [0, 0.05) is 27.1 Å². The first-order valence-electron chi connectivity index (χ1n) is 11.9. The zero-order chi connectivity index (χ0) is 28.1. The first-order valence-corrected chi connectivity index (χ1v) is 13.9. The average molecular weight is 615 g/mol. The Kier molecular flexibility index (Phi) is 7.43. The molecular weight excluding hydrogens is 594 g/mol. The molecule has 5 rings (SSSR count). The predicted octanol–water partition coefficient (Wildman–Crippen LogP) is 8.14. The van der Waals surface area contributed by atoms with E-state index in [1.54, 1.807) is 42.5 Å². The second-order valence-corrected chi connectivity index (χ2v) is 12.0. The van der Waals surface area contributed by atoms with Crippen molar-refractivity contribution in [2.45, 2.75) is 50.7 Å². The van der Waals surface area contributed by atoms with E-state index in [1.165, 1.54) is 4.68 Å². The lowest BCUT2D eigenvalue weighted by Crippen LogP contribution is -2.30. The van der Waals surface area contributed by atoms with Crippen LogP contribution in [-0.4, -0.2) is 38.1 Å². The fourth-order valence-corrected chi connectivity index (χ4v) is 6.05. The third kappa shape index (κ3) is 5.79. The van der Waals surface area contributed by atoms with Gasteiger partial charge in [-0.2, -0.15) is 18.3 Å². The van der Waals surface area contributed by atoms with Crippen molar-refractivity contribution in [3.05, 3.63) is 68.1 Å². The van der Waals surface area contributed by atoms with E-state index in [0.29, 0.717) is 39.8 Å². The lowest BCUT2D eigenvalue weighted by molar-refractivity contribution is -0.141. The normalized spacial score (nSPS) is 14.6. The molecule has 2 heterocycles. The zero-order valence-electron chi connectivity index (χ0n) is 20.6. The molecule has 1 N–H and O–H groups in total. The first-order chi connectivity index (χ1) is 18.4. The maximum atomic E-state index is 13.7. The highest BCUT2D eigenvalue weighted by molar-refractivity contribution is 7.14. The smallest absolute Gasteiger partial charge is 0.350 e. The van der Waals surface area contributed by atoms with Gasteiger partial charge in [-0.25, -0.2) is 4.68 Å². The summed E-state index contributed by atoms with van der Waals surface area (Å²) in [6, 6.07) is 11.5. The lowest BCUT2D eigenvalue weighted by Gasteiger charge is -2.13. The number of hydrogen-bond donors (Lipinski definition) is 1. The van der Waals surface area contributed by atoms with Gasteiger partial charge in [0.15, 0.2) is 5.01 Å². The number of carbonyl (C=O) groups is 1. The van der Waals surface area contributed by atoms with Crippen molar-refractivity contribution in [2.24, 2.45) is 0 Å². The molecule has 0 radical (unpaired) electrons. The number of aromatic nitrogens is 4. The topological polar surface area (TPSA) is 72.7 Å². The van der Waals surface area contributed by atoms with Crippen LogP contribution in [0.4, 0.5) is 13.2 Å². The summed E-state index contributed by atoms with van der Waals surface area (Å²) in [6.07, 6.45) is -4.57. The molecule has 0 bridgehead atoms. The van der Waals surface area contributed by atoms with Gasteiger partial charge >= 0.3 is 6.18 Å². The van der Waals surface area contributed by atoms with Crippen molar-refractivity contribution in [2.75, 3.05) is 0 Å². The highest BCUT2D eigenvalue weighted by Gasteiger charge is 2.54. The second-order valence-electron chi connectivity index (χ2n) is 9.70. The van der Waals surface area contributed by atoms with Crippen LogP contribution in [0, 0.1) is 0 Å². The highest BCUT2D eigenvalue weighted by Crippen LogP contribution is 2.56. The van der Waals surface area contributed by atoms with Crippen molar-refractivity contribution >= 4 is 52.0 Å². The molecule has 2 aromatic heterocycles. The number of hydrogen-bond acceptors (Lipinski definition) is 5. The molecule has 204 valence electrons. The molecule has 2 aromatic carbocycles. The second kappa shape index (κ2) is 10.4. The Morgan fingerprint density at radius 1 is 1.08 bits per heavy atom. The number of nitrogens with zero attached hydrogens (tertiary/aromatic N) is 4. The van der Waals surface area contributed by atoms with E-state index in [4.69, 9.17) is 39.9 Å². The summed E-state index contributed by atoms with van der Waals surface area (Å²) in [5, 5.41) is 17.7. The fraction of sp³-hybridized carbons (Fsp3) is 0.308. The minimum Gasteiger partial charge on any atom is -0.350 e. The summed E-state index contributed by atoms with van der Waals surface area (Å²) in [6.45, 7) is 3.63. The molecule has 1 amide bonds. The van der Waals surface area contributed by atoms with Crippen molar-refractivity contribution < 1.29 is 18.0 Å². The van der Waals surface area contributed by atoms with Crippen molar-refractivity contribution in [1.29, 1.82) is 0 Å². The SMILES string of the molecule is CC(C)NC(=O)c1c(-c2nnc(C3(CC(F)(F)F)CC3)s2)nn(-c2ccc(Cl)cc2Cl)c1-c1ccc(Cl)cc1. The average Bonchev–Trinajstić information content (AvgIpc) is 3.25. The highest BCUT2D eigenvalue weighted by atomic mass is 35.5. The Bertz CT molecular complexity index is 1550. The largest absolute Gasteiger partial charge is 0.390 e. The molecule has 39 heavy (non-hydrogen) atoms. The van der Waals surface area contributed by atoms with E-state index in [0.717, 1.165) is 11.3 Å². The molecule has 0 atom stereocenters. The Morgan fingerprint density at radius 3 is 2.33 bits per heavy atom. The summed E-state index contributed by atoms with van der Waals surface area (Å²) in [5.74, 6) is -0.436. The Balaban J connectivity index is 1.74. The minimum absolute atomic E-state index is 0.177. The van der Waals surface area contributed by atoms with Gasteiger partial charge < -0.3 is 5.32 Å². The first kappa shape index (κ1) is 27.9. The van der Waals surface area contributed by atoms with Gasteiger partial charge in [0.05, 0.1) is 28.4 Å². The van der Waals surface area contributed by atoms with Gasteiger partial charge in [0.1, 0.15) is 10.7 Å².